The Morgan fingerprint density at radius 3 is 2.36 bits per heavy atom. The molecule has 0 saturated heterocycles. The van der Waals surface area contributed by atoms with Crippen LogP contribution in [0.2, 0.25) is 0 Å². The van der Waals surface area contributed by atoms with E-state index in [-0.39, 0.29) is 5.92 Å². The van der Waals surface area contributed by atoms with Gasteiger partial charge in [0.05, 0.1) is 0 Å². The summed E-state index contributed by atoms with van der Waals surface area (Å²) in [7, 11) is 0. The monoisotopic (exact) mass is 189 g/mol. The molecule has 0 heteroatoms. The number of hydrogen-bond donors (Lipinski definition) is 0. The van der Waals surface area contributed by atoms with Gasteiger partial charge in [-0.2, -0.15) is 0 Å². The van der Waals surface area contributed by atoms with Crippen molar-refractivity contribution in [2.45, 2.75) is 51.4 Å². The van der Waals surface area contributed by atoms with Crippen molar-refractivity contribution < 1.29 is 0 Å². The van der Waals surface area contributed by atoms with Gasteiger partial charge in [-0.15, -0.1) is 6.42 Å². The molecule has 0 bridgehead atoms. The van der Waals surface area contributed by atoms with E-state index in [2.05, 4.69) is 5.92 Å². The number of rotatable bonds is 4. The summed E-state index contributed by atoms with van der Waals surface area (Å²) in [5, 5.41) is 0. The van der Waals surface area contributed by atoms with Crippen molar-refractivity contribution in [3.8, 4) is 12.3 Å². The van der Waals surface area contributed by atoms with Crippen molar-refractivity contribution in [1.29, 1.82) is 0 Å². The van der Waals surface area contributed by atoms with Crippen LogP contribution in [0.15, 0.2) is 6.08 Å². The molecule has 1 unspecified atom stereocenters. The van der Waals surface area contributed by atoms with Crippen LogP contribution in [0.3, 0.4) is 0 Å². The Morgan fingerprint density at radius 1 is 1.21 bits per heavy atom. The summed E-state index contributed by atoms with van der Waals surface area (Å²) in [6, 6.07) is 0. The first-order chi connectivity index (χ1) is 6.86. The molecule has 0 aromatic carbocycles. The first kappa shape index (κ1) is 11.4. The summed E-state index contributed by atoms with van der Waals surface area (Å²) < 4.78 is 0. The van der Waals surface area contributed by atoms with E-state index in [9.17, 15) is 0 Å². The molecular weight excluding hydrogens is 168 g/mol. The Balaban J connectivity index is 2.22. The minimum atomic E-state index is 0.193. The lowest BCUT2D eigenvalue weighted by Gasteiger charge is -2.14. The maximum absolute atomic E-state index is 5.46. The van der Waals surface area contributed by atoms with Crippen LogP contribution in [0.5, 0.6) is 0 Å². The minimum absolute atomic E-state index is 0.193. The van der Waals surface area contributed by atoms with Crippen molar-refractivity contribution in [3.05, 3.63) is 12.7 Å². The van der Waals surface area contributed by atoms with Crippen LogP contribution < -0.4 is 0 Å². The molecule has 0 aromatic heterocycles. The largest absolute Gasteiger partial charge is 0.119 e. The van der Waals surface area contributed by atoms with Crippen molar-refractivity contribution in [2.24, 2.45) is 11.8 Å². The van der Waals surface area contributed by atoms with Gasteiger partial charge in [0, 0.05) is 5.92 Å². The van der Waals surface area contributed by atoms with Gasteiger partial charge < -0.3 is 0 Å². The first-order valence-corrected chi connectivity index (χ1v) is 5.88. The van der Waals surface area contributed by atoms with E-state index >= 15 is 0 Å². The van der Waals surface area contributed by atoms with Crippen molar-refractivity contribution in [1.82, 2.24) is 0 Å². The standard InChI is InChI=1S/C14H21/c1-3-13(4-2)11-12-14-9-7-5-6-8-10-14/h1-3,13-14H,5-12H2. The molecule has 1 aliphatic rings. The molecule has 1 aliphatic carbocycles. The smallest absolute Gasteiger partial charge is 0.0383 e. The van der Waals surface area contributed by atoms with Crippen molar-refractivity contribution >= 4 is 0 Å². The summed E-state index contributed by atoms with van der Waals surface area (Å²) in [4.78, 5) is 0. The first-order valence-electron chi connectivity index (χ1n) is 5.88. The average Bonchev–Trinajstić information content (AvgIpc) is 2.48. The highest BCUT2D eigenvalue weighted by atomic mass is 14.2. The van der Waals surface area contributed by atoms with Gasteiger partial charge in [0.15, 0.2) is 0 Å². The molecule has 1 saturated carbocycles. The summed E-state index contributed by atoms with van der Waals surface area (Å²) in [5.41, 5.74) is 0. The molecule has 1 atom stereocenters. The fourth-order valence-corrected chi connectivity index (χ4v) is 2.30. The Kier molecular flexibility index (Phi) is 5.45. The lowest BCUT2D eigenvalue weighted by molar-refractivity contribution is 0.405. The van der Waals surface area contributed by atoms with E-state index in [0.717, 1.165) is 12.3 Å². The summed E-state index contributed by atoms with van der Waals surface area (Å²) in [5.74, 6) is 3.83. The number of hydrogen-bond acceptors (Lipinski definition) is 0. The Bertz CT molecular complexity index is 189. The van der Waals surface area contributed by atoms with E-state index in [1.54, 1.807) is 6.08 Å². The third-order valence-corrected chi connectivity index (χ3v) is 3.31. The Morgan fingerprint density at radius 2 is 1.86 bits per heavy atom. The minimum Gasteiger partial charge on any atom is -0.119 e. The molecule has 77 valence electrons. The maximum atomic E-state index is 5.46. The van der Waals surface area contributed by atoms with Crippen molar-refractivity contribution in [2.75, 3.05) is 0 Å². The molecule has 0 N–H and O–H groups in total. The molecule has 0 aromatic rings. The van der Waals surface area contributed by atoms with Gasteiger partial charge >= 0.3 is 0 Å². The third-order valence-electron chi connectivity index (χ3n) is 3.31. The molecule has 0 aliphatic heterocycles. The van der Waals surface area contributed by atoms with Crippen molar-refractivity contribution in [3.63, 3.8) is 0 Å². The highest BCUT2D eigenvalue weighted by Crippen LogP contribution is 2.27. The van der Waals surface area contributed by atoms with Gasteiger partial charge in [-0.1, -0.05) is 57.1 Å². The summed E-state index contributed by atoms with van der Waals surface area (Å²) in [6.07, 6.45) is 17.9. The fraction of sp³-hybridized carbons (Fsp3) is 0.714. The van der Waals surface area contributed by atoms with E-state index in [4.69, 9.17) is 13.0 Å². The quantitative estimate of drug-likeness (QED) is 0.463. The van der Waals surface area contributed by atoms with E-state index in [0.29, 0.717) is 0 Å². The molecule has 0 nitrogen and oxygen atoms in total. The summed E-state index contributed by atoms with van der Waals surface area (Å²) >= 11 is 0. The molecule has 14 heavy (non-hydrogen) atoms. The molecule has 1 rings (SSSR count). The second-order valence-electron chi connectivity index (χ2n) is 4.40. The molecule has 0 amide bonds. The predicted octanol–water partition coefficient (Wildman–Crippen LogP) is 3.98. The van der Waals surface area contributed by atoms with Gasteiger partial charge in [-0.25, -0.2) is 0 Å². The number of terminal acetylenes is 1. The third kappa shape index (κ3) is 4.01. The van der Waals surface area contributed by atoms with E-state index in [1.165, 1.54) is 44.9 Å². The Labute approximate surface area is 88.8 Å². The molecular formula is C14H21. The lowest BCUT2D eigenvalue weighted by atomic mass is 9.91. The fourth-order valence-electron chi connectivity index (χ4n) is 2.30. The highest BCUT2D eigenvalue weighted by molar-refractivity contribution is 5.01. The topological polar surface area (TPSA) is 0 Å². The second kappa shape index (κ2) is 6.71. The van der Waals surface area contributed by atoms with Gasteiger partial charge in [-0.05, 0) is 18.8 Å². The van der Waals surface area contributed by atoms with Crippen LogP contribution in [0, 0.1) is 30.8 Å². The zero-order chi connectivity index (χ0) is 10.2. The van der Waals surface area contributed by atoms with E-state index < -0.39 is 0 Å². The SMILES string of the molecule is [CH]=CC(C#C)CCC1CCCCCC1. The normalized spacial score (nSPS) is 20.8. The number of allylic oxidation sites excluding steroid dienone is 1. The van der Waals surface area contributed by atoms with Crippen LogP contribution in [-0.4, -0.2) is 0 Å². The van der Waals surface area contributed by atoms with Crippen LogP contribution >= 0.6 is 0 Å². The van der Waals surface area contributed by atoms with Gasteiger partial charge in [0.2, 0.25) is 0 Å². The molecule has 1 fully saturated rings. The van der Waals surface area contributed by atoms with Crippen LogP contribution in [0.25, 0.3) is 0 Å². The molecule has 0 spiro atoms. The molecule has 1 radical (unpaired) electrons. The van der Waals surface area contributed by atoms with Gasteiger partial charge in [0.1, 0.15) is 0 Å². The van der Waals surface area contributed by atoms with Crippen LogP contribution in [-0.2, 0) is 0 Å². The second-order valence-corrected chi connectivity index (χ2v) is 4.40. The zero-order valence-electron chi connectivity index (χ0n) is 9.04. The Hall–Kier alpha value is -0.700. The van der Waals surface area contributed by atoms with Gasteiger partial charge in [0.25, 0.3) is 0 Å². The predicted molar refractivity (Wildman–Crippen MR) is 61.6 cm³/mol. The average molecular weight is 189 g/mol. The highest BCUT2D eigenvalue weighted by Gasteiger charge is 2.13. The summed E-state index contributed by atoms with van der Waals surface area (Å²) in [6.45, 7) is 5.46. The van der Waals surface area contributed by atoms with E-state index in [1.807, 2.05) is 0 Å². The van der Waals surface area contributed by atoms with Gasteiger partial charge in [-0.3, -0.25) is 0 Å². The molecule has 0 heterocycles. The maximum Gasteiger partial charge on any atom is 0.0383 e. The van der Waals surface area contributed by atoms with Crippen LogP contribution in [0.1, 0.15) is 51.4 Å². The van der Waals surface area contributed by atoms with Crippen LogP contribution in [0.4, 0.5) is 0 Å². The lowest BCUT2D eigenvalue weighted by Crippen LogP contribution is -2.02. The zero-order valence-corrected chi connectivity index (χ0v) is 9.04.